The molecule has 0 spiro atoms. The van der Waals surface area contributed by atoms with Gasteiger partial charge in [-0.3, -0.25) is 0 Å². The van der Waals surface area contributed by atoms with E-state index in [1.54, 1.807) is 12.1 Å². The Kier molecular flexibility index (Phi) is 4.44. The van der Waals surface area contributed by atoms with E-state index in [1.165, 1.54) is 6.07 Å². The van der Waals surface area contributed by atoms with Crippen molar-refractivity contribution in [1.82, 2.24) is 9.97 Å². The number of anilines is 1. The summed E-state index contributed by atoms with van der Waals surface area (Å²) in [6.07, 6.45) is -2.90. The third-order valence-corrected chi connectivity index (χ3v) is 4.87. The molecule has 128 valence electrons. The summed E-state index contributed by atoms with van der Waals surface area (Å²) >= 11 is 1.02. The topological polar surface area (TPSA) is 66.3 Å². The van der Waals surface area contributed by atoms with Crippen LogP contribution < -0.4 is 4.90 Å². The van der Waals surface area contributed by atoms with E-state index < -0.39 is 17.8 Å². The quantitative estimate of drug-likeness (QED) is 0.908. The molecule has 0 radical (unpaired) electrons. The summed E-state index contributed by atoms with van der Waals surface area (Å²) in [5, 5.41) is 10.5. The number of aromatic nitrogens is 2. The smallest absolute Gasteiger partial charge is 0.434 e. The molecule has 1 saturated heterocycles. The molecule has 0 aromatic carbocycles. The van der Waals surface area contributed by atoms with Gasteiger partial charge in [-0.25, -0.2) is 14.8 Å². The third kappa shape index (κ3) is 3.50. The lowest BCUT2D eigenvalue weighted by atomic mass is 9.98. The van der Waals surface area contributed by atoms with Gasteiger partial charge in [-0.15, -0.1) is 11.3 Å². The van der Waals surface area contributed by atoms with E-state index in [0.717, 1.165) is 29.6 Å². The molecule has 1 atom stereocenters. The van der Waals surface area contributed by atoms with E-state index in [0.29, 0.717) is 23.9 Å². The number of nitrogens with zero attached hydrogens (tertiary/aromatic N) is 3. The van der Waals surface area contributed by atoms with Gasteiger partial charge < -0.3 is 10.0 Å². The fourth-order valence-corrected chi connectivity index (χ4v) is 3.67. The lowest BCUT2D eigenvalue weighted by Crippen LogP contribution is -2.35. The number of hydrogen-bond acceptors (Lipinski definition) is 5. The average Bonchev–Trinajstić information content (AvgIpc) is 3.05. The maximum absolute atomic E-state index is 12.7. The second kappa shape index (κ2) is 6.39. The highest BCUT2D eigenvalue weighted by molar-refractivity contribution is 7.09. The molecule has 3 rings (SSSR count). The number of halogens is 3. The first kappa shape index (κ1) is 16.7. The normalized spacial score (nSPS) is 18.6. The van der Waals surface area contributed by atoms with Crippen molar-refractivity contribution in [2.75, 3.05) is 18.0 Å². The number of carboxylic acids is 1. The van der Waals surface area contributed by atoms with Gasteiger partial charge in [0, 0.05) is 24.4 Å². The molecular formula is C15H14F3N3O2S. The zero-order valence-electron chi connectivity index (χ0n) is 12.5. The minimum atomic E-state index is -4.43. The summed E-state index contributed by atoms with van der Waals surface area (Å²) in [5.41, 5.74) is -0.908. The standard InChI is InChI=1S/C15H14F3N3O2S/c16-15(17,18)11-8-24-13(20-11)9-3-2-6-21(7-9)12-5-1-4-10(19-12)14(22)23/h1,4-5,8-9H,2-3,6-7H2,(H,22,23). The monoisotopic (exact) mass is 357 g/mol. The van der Waals surface area contributed by atoms with Gasteiger partial charge >= 0.3 is 12.1 Å². The number of thiazole rings is 1. The van der Waals surface area contributed by atoms with Crippen LogP contribution in [0.5, 0.6) is 0 Å². The summed E-state index contributed by atoms with van der Waals surface area (Å²) in [5.74, 6) is -0.706. The Hall–Kier alpha value is -2.16. The zero-order chi connectivity index (χ0) is 17.3. The van der Waals surface area contributed by atoms with E-state index in [4.69, 9.17) is 5.11 Å². The molecular weight excluding hydrogens is 343 g/mol. The van der Waals surface area contributed by atoms with Crippen LogP contribution in [0.15, 0.2) is 23.6 Å². The first-order chi connectivity index (χ1) is 11.3. The van der Waals surface area contributed by atoms with Gasteiger partial charge in [-0.05, 0) is 25.0 Å². The highest BCUT2D eigenvalue weighted by atomic mass is 32.1. The van der Waals surface area contributed by atoms with Crippen LogP contribution in [0.25, 0.3) is 0 Å². The molecule has 2 aromatic rings. The largest absolute Gasteiger partial charge is 0.477 e. The molecule has 9 heteroatoms. The molecule has 0 aliphatic carbocycles. The van der Waals surface area contributed by atoms with E-state index in [9.17, 15) is 18.0 Å². The van der Waals surface area contributed by atoms with E-state index in [-0.39, 0.29) is 11.6 Å². The van der Waals surface area contributed by atoms with Gasteiger partial charge in [0.05, 0.1) is 5.01 Å². The molecule has 2 aromatic heterocycles. The summed E-state index contributed by atoms with van der Waals surface area (Å²) in [6, 6.07) is 4.72. The highest BCUT2D eigenvalue weighted by Crippen LogP contribution is 2.35. The van der Waals surface area contributed by atoms with Gasteiger partial charge in [-0.1, -0.05) is 6.07 Å². The molecule has 5 nitrogen and oxygen atoms in total. The van der Waals surface area contributed by atoms with Crippen molar-refractivity contribution in [2.45, 2.75) is 24.9 Å². The van der Waals surface area contributed by atoms with E-state index >= 15 is 0 Å². The Morgan fingerprint density at radius 3 is 2.79 bits per heavy atom. The third-order valence-electron chi connectivity index (χ3n) is 3.86. The molecule has 1 N–H and O–H groups in total. The molecule has 0 saturated carbocycles. The van der Waals surface area contributed by atoms with Crippen LogP contribution in [0.3, 0.4) is 0 Å². The maximum atomic E-state index is 12.7. The first-order valence-electron chi connectivity index (χ1n) is 7.32. The number of pyridine rings is 1. The number of rotatable bonds is 3. The second-order valence-electron chi connectivity index (χ2n) is 5.54. The van der Waals surface area contributed by atoms with Crippen molar-refractivity contribution in [3.63, 3.8) is 0 Å². The minimum Gasteiger partial charge on any atom is -0.477 e. The molecule has 24 heavy (non-hydrogen) atoms. The van der Waals surface area contributed by atoms with Crippen LogP contribution in [0.4, 0.5) is 19.0 Å². The molecule has 1 aliphatic rings. The van der Waals surface area contributed by atoms with Crippen molar-refractivity contribution < 1.29 is 23.1 Å². The SMILES string of the molecule is O=C(O)c1cccc(N2CCCC(c3nc(C(F)(F)F)cs3)C2)n1. The van der Waals surface area contributed by atoms with E-state index in [2.05, 4.69) is 9.97 Å². The van der Waals surface area contributed by atoms with Crippen LogP contribution >= 0.6 is 11.3 Å². The number of aromatic carboxylic acids is 1. The Morgan fingerprint density at radius 1 is 1.33 bits per heavy atom. The van der Waals surface area contributed by atoms with Gasteiger partial charge in [0.2, 0.25) is 0 Å². The lowest BCUT2D eigenvalue weighted by molar-refractivity contribution is -0.140. The van der Waals surface area contributed by atoms with Crippen molar-refractivity contribution >= 4 is 23.1 Å². The van der Waals surface area contributed by atoms with Crippen molar-refractivity contribution in [2.24, 2.45) is 0 Å². The Labute approximate surface area is 139 Å². The van der Waals surface area contributed by atoms with Crippen LogP contribution in [0.1, 0.15) is 39.9 Å². The first-order valence-corrected chi connectivity index (χ1v) is 8.20. The molecule has 0 amide bonds. The maximum Gasteiger partial charge on any atom is 0.434 e. The van der Waals surface area contributed by atoms with E-state index in [1.807, 2.05) is 4.90 Å². The number of carboxylic acid groups (broad SMARTS) is 1. The number of hydrogen-bond donors (Lipinski definition) is 1. The Bertz CT molecular complexity index is 748. The average molecular weight is 357 g/mol. The lowest BCUT2D eigenvalue weighted by Gasteiger charge is -2.32. The molecule has 0 bridgehead atoms. The summed E-state index contributed by atoms with van der Waals surface area (Å²) < 4.78 is 38.1. The fraction of sp³-hybridized carbons (Fsp3) is 0.400. The highest BCUT2D eigenvalue weighted by Gasteiger charge is 2.35. The zero-order valence-corrected chi connectivity index (χ0v) is 13.3. The molecule has 1 aliphatic heterocycles. The number of alkyl halides is 3. The number of carbonyl (C=O) groups is 1. The van der Waals surface area contributed by atoms with Crippen LogP contribution in [0, 0.1) is 0 Å². The summed E-state index contributed by atoms with van der Waals surface area (Å²) in [6.45, 7) is 1.16. The van der Waals surface area contributed by atoms with Crippen LogP contribution in [0.2, 0.25) is 0 Å². The number of piperidine rings is 1. The second-order valence-corrected chi connectivity index (χ2v) is 6.43. The van der Waals surface area contributed by atoms with Gasteiger partial charge in [0.1, 0.15) is 5.82 Å². The van der Waals surface area contributed by atoms with Crippen LogP contribution in [-0.2, 0) is 6.18 Å². The Balaban J connectivity index is 1.78. The minimum absolute atomic E-state index is 0.0526. The summed E-state index contributed by atoms with van der Waals surface area (Å²) in [7, 11) is 0. The fourth-order valence-electron chi connectivity index (χ4n) is 2.71. The van der Waals surface area contributed by atoms with Crippen LogP contribution in [-0.4, -0.2) is 34.1 Å². The predicted octanol–water partition coefficient (Wildman–Crippen LogP) is 3.64. The van der Waals surface area contributed by atoms with Crippen molar-refractivity contribution in [3.05, 3.63) is 40.0 Å². The van der Waals surface area contributed by atoms with Gasteiger partial charge in [-0.2, -0.15) is 13.2 Å². The predicted molar refractivity (Wildman–Crippen MR) is 82.5 cm³/mol. The Morgan fingerprint density at radius 2 is 2.12 bits per heavy atom. The van der Waals surface area contributed by atoms with Crippen molar-refractivity contribution in [3.8, 4) is 0 Å². The molecule has 3 heterocycles. The molecule has 1 fully saturated rings. The van der Waals surface area contributed by atoms with Crippen molar-refractivity contribution in [1.29, 1.82) is 0 Å². The van der Waals surface area contributed by atoms with Gasteiger partial charge in [0.15, 0.2) is 11.4 Å². The van der Waals surface area contributed by atoms with Gasteiger partial charge in [0.25, 0.3) is 0 Å². The molecule has 1 unspecified atom stereocenters. The summed E-state index contributed by atoms with van der Waals surface area (Å²) in [4.78, 5) is 20.7.